The SMILES string of the molecule is Cc1cc(Br)ccc1-c1noc(-c2cc(O)ccc2O)n1. The highest BCUT2D eigenvalue weighted by Gasteiger charge is 2.15. The Bertz CT molecular complexity index is 814. The van der Waals surface area contributed by atoms with Crippen LogP contribution in [0.15, 0.2) is 45.4 Å². The summed E-state index contributed by atoms with van der Waals surface area (Å²) in [6, 6.07) is 9.87. The fourth-order valence-electron chi connectivity index (χ4n) is 2.02. The zero-order valence-corrected chi connectivity index (χ0v) is 12.6. The monoisotopic (exact) mass is 346 g/mol. The number of phenols is 2. The smallest absolute Gasteiger partial charge is 0.262 e. The number of halogens is 1. The second-order valence-electron chi connectivity index (χ2n) is 4.58. The van der Waals surface area contributed by atoms with Crippen molar-refractivity contribution >= 4 is 15.9 Å². The van der Waals surface area contributed by atoms with Crippen molar-refractivity contribution in [3.8, 4) is 34.3 Å². The van der Waals surface area contributed by atoms with Gasteiger partial charge in [-0.2, -0.15) is 4.98 Å². The molecule has 0 saturated heterocycles. The van der Waals surface area contributed by atoms with Crippen LogP contribution >= 0.6 is 15.9 Å². The third-order valence-electron chi connectivity index (χ3n) is 3.07. The summed E-state index contributed by atoms with van der Waals surface area (Å²) in [6.45, 7) is 1.95. The summed E-state index contributed by atoms with van der Waals surface area (Å²) in [5, 5.41) is 23.2. The number of hydrogen-bond acceptors (Lipinski definition) is 5. The minimum Gasteiger partial charge on any atom is -0.508 e. The van der Waals surface area contributed by atoms with E-state index in [0.29, 0.717) is 11.4 Å². The van der Waals surface area contributed by atoms with E-state index in [4.69, 9.17) is 4.52 Å². The molecule has 0 bridgehead atoms. The van der Waals surface area contributed by atoms with Crippen LogP contribution in [-0.4, -0.2) is 20.4 Å². The first-order valence-corrected chi connectivity index (χ1v) is 6.96. The van der Waals surface area contributed by atoms with E-state index in [1.165, 1.54) is 18.2 Å². The van der Waals surface area contributed by atoms with E-state index in [-0.39, 0.29) is 17.4 Å². The predicted octanol–water partition coefficient (Wildman–Crippen LogP) is 3.89. The molecule has 6 heteroatoms. The Labute approximate surface area is 129 Å². The van der Waals surface area contributed by atoms with Crippen LogP contribution in [0.4, 0.5) is 0 Å². The molecule has 1 heterocycles. The van der Waals surface area contributed by atoms with Gasteiger partial charge in [0.15, 0.2) is 0 Å². The molecule has 0 amide bonds. The second kappa shape index (κ2) is 5.21. The zero-order chi connectivity index (χ0) is 15.0. The molecule has 106 valence electrons. The fraction of sp³-hybridized carbons (Fsp3) is 0.0667. The van der Waals surface area contributed by atoms with E-state index in [2.05, 4.69) is 26.1 Å². The van der Waals surface area contributed by atoms with Gasteiger partial charge in [-0.1, -0.05) is 21.1 Å². The quantitative estimate of drug-likeness (QED) is 0.688. The average molecular weight is 347 g/mol. The van der Waals surface area contributed by atoms with E-state index < -0.39 is 0 Å². The van der Waals surface area contributed by atoms with Crippen molar-refractivity contribution in [2.45, 2.75) is 6.92 Å². The van der Waals surface area contributed by atoms with Crippen LogP contribution in [-0.2, 0) is 0 Å². The Morgan fingerprint density at radius 3 is 2.62 bits per heavy atom. The largest absolute Gasteiger partial charge is 0.508 e. The number of aromatic nitrogens is 2. The van der Waals surface area contributed by atoms with Crippen molar-refractivity contribution in [2.75, 3.05) is 0 Å². The van der Waals surface area contributed by atoms with Crippen molar-refractivity contribution in [3.05, 3.63) is 46.4 Å². The molecule has 21 heavy (non-hydrogen) atoms. The Morgan fingerprint density at radius 2 is 1.86 bits per heavy atom. The van der Waals surface area contributed by atoms with Gasteiger partial charge in [0.25, 0.3) is 5.89 Å². The molecule has 0 radical (unpaired) electrons. The topological polar surface area (TPSA) is 79.4 Å². The maximum atomic E-state index is 9.81. The van der Waals surface area contributed by atoms with Crippen LogP contribution < -0.4 is 0 Å². The highest BCUT2D eigenvalue weighted by atomic mass is 79.9. The van der Waals surface area contributed by atoms with Gasteiger partial charge in [-0.25, -0.2) is 0 Å². The summed E-state index contributed by atoms with van der Waals surface area (Å²) in [6.07, 6.45) is 0. The molecule has 0 aliphatic heterocycles. The first-order chi connectivity index (χ1) is 10.0. The van der Waals surface area contributed by atoms with Gasteiger partial charge >= 0.3 is 0 Å². The van der Waals surface area contributed by atoms with E-state index >= 15 is 0 Å². The summed E-state index contributed by atoms with van der Waals surface area (Å²) in [5.41, 5.74) is 2.13. The van der Waals surface area contributed by atoms with Crippen LogP contribution in [0.25, 0.3) is 22.8 Å². The molecule has 0 aliphatic carbocycles. The molecular weight excluding hydrogens is 336 g/mol. The van der Waals surface area contributed by atoms with Crippen LogP contribution in [0.5, 0.6) is 11.5 Å². The first-order valence-electron chi connectivity index (χ1n) is 6.17. The lowest BCUT2D eigenvalue weighted by atomic mass is 10.1. The molecule has 3 rings (SSSR count). The van der Waals surface area contributed by atoms with Gasteiger partial charge in [0.2, 0.25) is 5.82 Å². The van der Waals surface area contributed by atoms with Gasteiger partial charge < -0.3 is 14.7 Å². The number of aryl methyl sites for hydroxylation is 1. The average Bonchev–Trinajstić information content (AvgIpc) is 2.91. The van der Waals surface area contributed by atoms with Gasteiger partial charge in [-0.05, 0) is 48.9 Å². The molecule has 0 atom stereocenters. The normalized spacial score (nSPS) is 10.8. The molecule has 2 aromatic carbocycles. The fourth-order valence-corrected chi connectivity index (χ4v) is 2.49. The van der Waals surface area contributed by atoms with E-state index in [1.807, 2.05) is 25.1 Å². The van der Waals surface area contributed by atoms with Crippen molar-refractivity contribution in [1.29, 1.82) is 0 Å². The molecule has 0 spiro atoms. The number of benzene rings is 2. The maximum Gasteiger partial charge on any atom is 0.262 e. The number of aromatic hydroxyl groups is 2. The van der Waals surface area contributed by atoms with Crippen LogP contribution in [0.2, 0.25) is 0 Å². The third kappa shape index (κ3) is 2.62. The maximum absolute atomic E-state index is 9.81. The van der Waals surface area contributed by atoms with E-state index in [0.717, 1.165) is 15.6 Å². The van der Waals surface area contributed by atoms with Crippen molar-refractivity contribution in [1.82, 2.24) is 10.1 Å². The molecule has 1 aromatic heterocycles. The number of hydrogen-bond donors (Lipinski definition) is 2. The van der Waals surface area contributed by atoms with Gasteiger partial charge in [0.05, 0.1) is 5.56 Å². The van der Waals surface area contributed by atoms with Crippen molar-refractivity contribution < 1.29 is 14.7 Å². The van der Waals surface area contributed by atoms with Crippen LogP contribution in [0, 0.1) is 6.92 Å². The summed E-state index contributed by atoms with van der Waals surface area (Å²) in [7, 11) is 0. The lowest BCUT2D eigenvalue weighted by molar-refractivity contribution is 0.423. The first kappa shape index (κ1) is 13.6. The number of phenolic OH excluding ortho intramolecular Hbond substituents is 2. The number of nitrogens with zero attached hydrogens (tertiary/aromatic N) is 2. The molecule has 3 aromatic rings. The van der Waals surface area contributed by atoms with Crippen LogP contribution in [0.1, 0.15) is 5.56 Å². The third-order valence-corrected chi connectivity index (χ3v) is 3.56. The Morgan fingerprint density at radius 1 is 1.05 bits per heavy atom. The molecule has 2 N–H and O–H groups in total. The van der Waals surface area contributed by atoms with E-state index in [9.17, 15) is 10.2 Å². The minimum absolute atomic E-state index is 0.0161. The predicted molar refractivity (Wildman–Crippen MR) is 80.9 cm³/mol. The summed E-state index contributed by atoms with van der Waals surface area (Å²) in [4.78, 5) is 4.28. The van der Waals surface area contributed by atoms with Crippen LogP contribution in [0.3, 0.4) is 0 Å². The molecule has 0 fully saturated rings. The molecule has 0 saturated carbocycles. The minimum atomic E-state index is -0.0319. The zero-order valence-electron chi connectivity index (χ0n) is 11.0. The molecule has 0 unspecified atom stereocenters. The molecule has 0 aliphatic rings. The highest BCUT2D eigenvalue weighted by Crippen LogP contribution is 2.33. The second-order valence-corrected chi connectivity index (χ2v) is 5.50. The Kier molecular flexibility index (Phi) is 3.39. The summed E-state index contributed by atoms with van der Waals surface area (Å²) >= 11 is 3.40. The Hall–Kier alpha value is -2.34. The summed E-state index contributed by atoms with van der Waals surface area (Å²) in [5.74, 6) is 0.566. The lowest BCUT2D eigenvalue weighted by Gasteiger charge is -2.01. The van der Waals surface area contributed by atoms with Gasteiger partial charge in [0, 0.05) is 10.0 Å². The standard InChI is InChI=1S/C15H11BrN2O3/c1-8-6-9(16)2-4-11(8)14-17-15(21-18-14)12-7-10(19)3-5-13(12)20/h2-7,19-20H,1H3. The number of rotatable bonds is 2. The lowest BCUT2D eigenvalue weighted by Crippen LogP contribution is -1.86. The Balaban J connectivity index is 2.06. The highest BCUT2D eigenvalue weighted by molar-refractivity contribution is 9.10. The van der Waals surface area contributed by atoms with E-state index in [1.54, 1.807) is 0 Å². The van der Waals surface area contributed by atoms with Crippen molar-refractivity contribution in [2.24, 2.45) is 0 Å². The van der Waals surface area contributed by atoms with Gasteiger partial charge in [-0.15, -0.1) is 0 Å². The van der Waals surface area contributed by atoms with Gasteiger partial charge in [0.1, 0.15) is 11.5 Å². The molecular formula is C15H11BrN2O3. The van der Waals surface area contributed by atoms with Crippen molar-refractivity contribution in [3.63, 3.8) is 0 Å². The molecule has 5 nitrogen and oxygen atoms in total. The van der Waals surface area contributed by atoms with Gasteiger partial charge in [-0.3, -0.25) is 0 Å². The summed E-state index contributed by atoms with van der Waals surface area (Å²) < 4.78 is 6.15.